The lowest BCUT2D eigenvalue weighted by molar-refractivity contribution is 0.137. The van der Waals surface area contributed by atoms with Crippen molar-refractivity contribution in [1.82, 2.24) is 10.5 Å². The highest BCUT2D eigenvalue weighted by atomic mass is 32.3. The van der Waals surface area contributed by atoms with Crippen LogP contribution in [0.5, 0.6) is 0 Å². The van der Waals surface area contributed by atoms with Crippen LogP contribution in [-0.2, 0) is 90.8 Å². The lowest BCUT2D eigenvalue weighted by Crippen LogP contribution is -2.26. The predicted molar refractivity (Wildman–Crippen MR) is 157 cm³/mol. The molecule has 0 saturated carbocycles. The Bertz CT molecular complexity index is 1760. The summed E-state index contributed by atoms with van der Waals surface area (Å²) in [6.45, 7) is 2.02. The minimum Gasteiger partial charge on any atom is -0.238 e. The van der Waals surface area contributed by atoms with Gasteiger partial charge in [0.2, 0.25) is 0 Å². The summed E-state index contributed by atoms with van der Waals surface area (Å²) >= 11 is 0. The molecule has 0 saturated heterocycles. The number of nitrogens with one attached hydrogen (secondary N) is 2. The molecule has 0 bridgehead atoms. The molecule has 0 spiro atoms. The lowest BCUT2D eigenvalue weighted by atomic mass is 10.2. The molecular weight excluding hydrogens is 751 g/mol. The molecule has 2 aromatic rings. The summed E-state index contributed by atoms with van der Waals surface area (Å²) in [6, 6.07) is 14.2. The molecule has 0 heterocycles. The van der Waals surface area contributed by atoms with Crippen molar-refractivity contribution in [1.29, 1.82) is 0 Å². The Morgan fingerprint density at radius 3 is 1.13 bits per heavy atom. The molecule has 4 N–H and O–H groups in total. The second-order valence-electron chi connectivity index (χ2n) is 8.27. The third-order valence-electron chi connectivity index (χ3n) is 4.49. The van der Waals surface area contributed by atoms with Crippen molar-refractivity contribution in [2.45, 2.75) is 25.4 Å². The normalized spacial score (nSPS) is 17.1. The second-order valence-corrected chi connectivity index (χ2v) is 20.6. The summed E-state index contributed by atoms with van der Waals surface area (Å²) in [5, 5.41) is 2.27. The van der Waals surface area contributed by atoms with Gasteiger partial charge in [-0.3, -0.25) is 0 Å². The van der Waals surface area contributed by atoms with Crippen LogP contribution in [0, 0.1) is 0 Å². The van der Waals surface area contributed by atoms with E-state index in [4.69, 9.17) is 5.50 Å². The van der Waals surface area contributed by atoms with Crippen LogP contribution in [0.1, 0.15) is 25.0 Å². The smallest absolute Gasteiger partial charge is 0.238 e. The molecular formula is C18H28N3O17P3S4. The van der Waals surface area contributed by atoms with E-state index in [-0.39, 0.29) is 11.1 Å². The minimum atomic E-state index is -5.72. The second kappa shape index (κ2) is 15.6. The number of nitrogens with two attached hydrogens (primary N) is 1. The summed E-state index contributed by atoms with van der Waals surface area (Å²) in [6.07, 6.45) is 0. The maximum atomic E-state index is 13.1. The average molecular weight is 780 g/mol. The molecule has 256 valence electrons. The first-order valence-corrected chi connectivity index (χ1v) is 22.9. The van der Waals surface area contributed by atoms with Gasteiger partial charge in [0.15, 0.2) is 0 Å². The topological polar surface area (TPSA) is 293 Å². The summed E-state index contributed by atoms with van der Waals surface area (Å²) in [5.41, 5.74) is 5.42. The first kappa shape index (κ1) is 39.7. The first-order valence-electron chi connectivity index (χ1n) is 11.9. The van der Waals surface area contributed by atoms with Crippen LogP contribution in [0.25, 0.3) is 0 Å². The van der Waals surface area contributed by atoms with Crippen LogP contribution in [0.2, 0.25) is 0 Å². The third kappa shape index (κ3) is 14.9. The highest BCUT2D eigenvalue weighted by molar-refractivity contribution is 7.95. The molecule has 2 unspecified atom stereocenters. The van der Waals surface area contributed by atoms with Crippen molar-refractivity contribution in [2.24, 2.45) is 5.50 Å². The van der Waals surface area contributed by atoms with Gasteiger partial charge in [-0.1, -0.05) is 71.2 Å². The van der Waals surface area contributed by atoms with E-state index in [0.717, 1.165) is 24.3 Å². The van der Waals surface area contributed by atoms with Crippen molar-refractivity contribution >= 4 is 63.7 Å². The minimum absolute atomic E-state index is 0.0975. The van der Waals surface area contributed by atoms with Crippen LogP contribution in [0.4, 0.5) is 0 Å². The zero-order valence-corrected chi connectivity index (χ0v) is 29.0. The van der Waals surface area contributed by atoms with Gasteiger partial charge >= 0.3 is 23.2 Å². The SMILES string of the molecule is CCS(=O)(=O)OP(=O)(NOP(N)(=O)ONP(=O)(OS(=O)(=O)CC)OS(=O)(=O)Cc1ccccc1)OS(=O)(=O)Cc1ccccc1. The summed E-state index contributed by atoms with van der Waals surface area (Å²) in [4.78, 5) is 0. The van der Waals surface area contributed by atoms with E-state index in [1.165, 1.54) is 48.5 Å². The number of hydrogen-bond acceptors (Lipinski definition) is 17. The lowest BCUT2D eigenvalue weighted by Gasteiger charge is -2.21. The standard InChI is InChI=1S/C18H28N3O17P3S4/c1-3-42(25,26)35-40(23,37-44(29,30)15-17-11-7-5-8-12-17)20-33-39(19,22)34-21-41(24,36-43(27,28)4-2)38-45(31,32)16-18-13-9-6-10-14-18/h5-14H,3-4,15-16H2,1-2H3,(H2,19,22)(H,20,23)(H,21,24). The quantitative estimate of drug-likeness (QED) is 0.128. The maximum Gasteiger partial charge on any atom is 0.458 e. The first-order chi connectivity index (χ1) is 20.5. The molecule has 0 aliphatic heterocycles. The van der Waals surface area contributed by atoms with Gasteiger partial charge in [0.1, 0.15) is 11.5 Å². The molecule has 0 aliphatic carbocycles. The Morgan fingerprint density at radius 2 is 0.844 bits per heavy atom. The fourth-order valence-corrected chi connectivity index (χ4v) is 12.8. The Morgan fingerprint density at radius 1 is 0.556 bits per heavy atom. The summed E-state index contributed by atoms with van der Waals surface area (Å²) in [7, 11) is -36.4. The van der Waals surface area contributed by atoms with E-state index in [2.05, 4.69) is 25.1 Å². The van der Waals surface area contributed by atoms with E-state index < -0.39 is 86.7 Å². The monoisotopic (exact) mass is 779 g/mol. The van der Waals surface area contributed by atoms with E-state index in [9.17, 15) is 47.4 Å². The van der Waals surface area contributed by atoms with E-state index >= 15 is 0 Å². The van der Waals surface area contributed by atoms with Gasteiger partial charge in [-0.25, -0.2) is 19.2 Å². The van der Waals surface area contributed by atoms with Crippen molar-refractivity contribution in [3.8, 4) is 0 Å². The molecule has 20 nitrogen and oxygen atoms in total. The molecule has 45 heavy (non-hydrogen) atoms. The van der Waals surface area contributed by atoms with Crippen molar-refractivity contribution in [2.75, 3.05) is 11.5 Å². The largest absolute Gasteiger partial charge is 0.458 e. The van der Waals surface area contributed by atoms with Gasteiger partial charge in [0.05, 0.1) is 11.5 Å². The Kier molecular flexibility index (Phi) is 13.8. The molecule has 27 heteroatoms. The average Bonchev–Trinajstić information content (AvgIpc) is 2.90. The Balaban J connectivity index is 2.27. The van der Waals surface area contributed by atoms with Crippen molar-refractivity contribution in [3.63, 3.8) is 0 Å². The summed E-state index contributed by atoms with van der Waals surface area (Å²) in [5.74, 6) is -3.68. The van der Waals surface area contributed by atoms with Crippen molar-refractivity contribution in [3.05, 3.63) is 71.8 Å². The van der Waals surface area contributed by atoms with Gasteiger partial charge < -0.3 is 0 Å². The number of rotatable bonds is 20. The molecule has 2 rings (SSSR count). The number of benzene rings is 2. The predicted octanol–water partition coefficient (Wildman–Crippen LogP) is 2.14. The van der Waals surface area contributed by atoms with Gasteiger partial charge in [-0.15, -0.1) is 0 Å². The van der Waals surface area contributed by atoms with Crippen LogP contribution in [0.15, 0.2) is 60.7 Å². The zero-order valence-electron chi connectivity index (χ0n) is 23.1. The van der Waals surface area contributed by atoms with Crippen LogP contribution in [0.3, 0.4) is 0 Å². The van der Waals surface area contributed by atoms with Crippen LogP contribution >= 0.6 is 23.2 Å². The van der Waals surface area contributed by atoms with Gasteiger partial charge in [0, 0.05) is 0 Å². The number of hydrogen-bond donors (Lipinski definition) is 3. The third-order valence-corrected chi connectivity index (χ3v) is 15.7. The van der Waals surface area contributed by atoms with Gasteiger partial charge in [-0.2, -0.15) is 58.8 Å². The Hall–Kier alpha value is -1.43. The van der Waals surface area contributed by atoms with Crippen LogP contribution < -0.4 is 16.0 Å². The van der Waals surface area contributed by atoms with Gasteiger partial charge in [-0.05, 0) is 25.0 Å². The van der Waals surface area contributed by atoms with E-state index in [0.29, 0.717) is 0 Å². The van der Waals surface area contributed by atoms with E-state index in [1.807, 2.05) is 0 Å². The molecule has 0 aromatic heterocycles. The fraction of sp³-hybridized carbons (Fsp3) is 0.333. The highest BCUT2D eigenvalue weighted by Gasteiger charge is 2.43. The van der Waals surface area contributed by atoms with Crippen LogP contribution in [-0.4, -0.2) is 45.2 Å². The van der Waals surface area contributed by atoms with Gasteiger partial charge in [0.25, 0.3) is 40.5 Å². The molecule has 2 aromatic carbocycles. The van der Waals surface area contributed by atoms with E-state index in [1.54, 1.807) is 12.1 Å². The molecule has 0 aliphatic rings. The molecule has 2 atom stereocenters. The molecule has 0 amide bonds. The maximum absolute atomic E-state index is 13.1. The highest BCUT2D eigenvalue weighted by Crippen LogP contribution is 2.54. The molecule has 0 radical (unpaired) electrons. The Labute approximate surface area is 260 Å². The zero-order chi connectivity index (χ0) is 34.2. The fourth-order valence-electron chi connectivity index (χ4n) is 2.63. The molecule has 0 fully saturated rings. The summed E-state index contributed by atoms with van der Waals surface area (Å²) < 4.78 is 163. The van der Waals surface area contributed by atoms with Crippen molar-refractivity contribution < 1.29 is 72.5 Å².